The summed E-state index contributed by atoms with van der Waals surface area (Å²) in [5.41, 5.74) is 1.71. The van der Waals surface area contributed by atoms with Crippen LogP contribution in [0.15, 0.2) is 52.9 Å². The van der Waals surface area contributed by atoms with E-state index < -0.39 is 23.6 Å². The molecule has 1 atom stereocenters. The number of thioether (sulfide) groups is 1. The predicted molar refractivity (Wildman–Crippen MR) is 109 cm³/mol. The van der Waals surface area contributed by atoms with Gasteiger partial charge in [-0.2, -0.15) is 9.37 Å². The van der Waals surface area contributed by atoms with Gasteiger partial charge >= 0.3 is 11.9 Å². The molecule has 4 rings (SSSR count). The fourth-order valence-electron chi connectivity index (χ4n) is 3.42. The van der Waals surface area contributed by atoms with Crippen LogP contribution in [0.2, 0.25) is 5.02 Å². The van der Waals surface area contributed by atoms with Gasteiger partial charge in [-0.25, -0.2) is 13.6 Å². The maximum absolute atomic E-state index is 13.4. The number of hydrogen-bond donors (Lipinski definition) is 0. The highest BCUT2D eigenvalue weighted by atomic mass is 35.5. The number of imide groups is 1. The lowest BCUT2D eigenvalue weighted by molar-refractivity contribution is -0.443. The van der Waals surface area contributed by atoms with Crippen molar-refractivity contribution in [1.29, 1.82) is 0 Å². The molecule has 0 saturated carbocycles. The molecule has 0 N–H and O–H groups in total. The quantitative estimate of drug-likeness (QED) is 0.612. The minimum atomic E-state index is -0.595. The largest absolute Gasteiger partial charge is 0.506 e. The average Bonchev–Trinajstić information content (AvgIpc) is 2.97. The van der Waals surface area contributed by atoms with Crippen LogP contribution in [0.25, 0.3) is 0 Å². The number of rotatable bonds is 3. The second kappa shape index (κ2) is 7.39. The minimum Gasteiger partial charge on any atom is -0.245 e. The zero-order chi connectivity index (χ0) is 20.9. The number of hydrogen-bond acceptors (Lipinski definition) is 3. The van der Waals surface area contributed by atoms with Crippen molar-refractivity contribution in [3.05, 3.63) is 75.2 Å². The normalized spacial score (nSPS) is 19.3. The van der Waals surface area contributed by atoms with Gasteiger partial charge < -0.3 is 0 Å². The second-order valence-electron chi connectivity index (χ2n) is 6.87. The molecule has 0 spiro atoms. The van der Waals surface area contributed by atoms with Crippen LogP contribution in [0.4, 0.5) is 19.3 Å². The number of nitrogens with zero attached hydrogens (tertiary/aromatic N) is 2. The monoisotopic (exact) mass is 433 g/mol. The molecule has 29 heavy (non-hydrogen) atoms. The molecule has 2 aromatic carbocycles. The van der Waals surface area contributed by atoms with Crippen LogP contribution in [0.1, 0.15) is 19.4 Å². The molecule has 2 aliphatic rings. The van der Waals surface area contributed by atoms with Crippen LogP contribution in [0.5, 0.6) is 0 Å². The first-order chi connectivity index (χ1) is 13.8. The number of urea groups is 1. The van der Waals surface area contributed by atoms with E-state index in [1.807, 2.05) is 13.8 Å². The summed E-state index contributed by atoms with van der Waals surface area (Å²) in [5.74, 6) is -1.90. The average molecular weight is 434 g/mol. The molecule has 2 aromatic rings. The molecular weight excluding hydrogens is 418 g/mol. The van der Waals surface area contributed by atoms with Gasteiger partial charge in [-0.1, -0.05) is 29.4 Å². The third kappa shape index (κ3) is 3.38. The predicted octanol–water partition coefficient (Wildman–Crippen LogP) is 5.35. The number of allylic oxidation sites excluding steroid dienone is 1. The topological polar surface area (TPSA) is 40.4 Å². The molecule has 0 aliphatic carbocycles. The van der Waals surface area contributed by atoms with Crippen LogP contribution in [-0.4, -0.2) is 21.6 Å². The van der Waals surface area contributed by atoms with Crippen LogP contribution in [0.3, 0.4) is 0 Å². The first kappa shape index (κ1) is 19.8. The van der Waals surface area contributed by atoms with Crippen LogP contribution in [-0.2, 0) is 11.3 Å². The van der Waals surface area contributed by atoms with E-state index in [-0.39, 0.29) is 23.2 Å². The van der Waals surface area contributed by atoms with Crippen molar-refractivity contribution >= 4 is 46.0 Å². The van der Waals surface area contributed by atoms with Crippen LogP contribution < -0.4 is 4.90 Å². The van der Waals surface area contributed by atoms with Crippen molar-refractivity contribution in [2.75, 3.05) is 4.90 Å². The number of benzene rings is 2. The van der Waals surface area contributed by atoms with Crippen molar-refractivity contribution < 1.29 is 22.9 Å². The Morgan fingerprint density at radius 2 is 1.72 bits per heavy atom. The molecule has 8 heteroatoms. The Labute approximate surface area is 175 Å². The number of carbonyl (C=O) groups excluding carboxylic acids is 2. The summed E-state index contributed by atoms with van der Waals surface area (Å²) < 4.78 is 28.3. The molecule has 3 amide bonds. The van der Waals surface area contributed by atoms with Crippen LogP contribution in [0, 0.1) is 17.6 Å². The Hall–Kier alpha value is -2.51. The van der Waals surface area contributed by atoms with Crippen molar-refractivity contribution in [2.24, 2.45) is 5.92 Å². The summed E-state index contributed by atoms with van der Waals surface area (Å²) in [4.78, 5) is 28.5. The Morgan fingerprint density at radius 3 is 2.38 bits per heavy atom. The molecule has 0 radical (unpaired) electrons. The number of amides is 3. The van der Waals surface area contributed by atoms with E-state index in [0.717, 1.165) is 15.4 Å². The molecule has 148 valence electrons. The van der Waals surface area contributed by atoms with Gasteiger partial charge in [0, 0.05) is 5.56 Å². The van der Waals surface area contributed by atoms with Crippen LogP contribution >= 0.6 is 23.4 Å². The van der Waals surface area contributed by atoms with E-state index in [1.165, 1.54) is 58.8 Å². The smallest absolute Gasteiger partial charge is 0.245 e. The third-order valence-corrected chi connectivity index (χ3v) is 6.72. The molecule has 0 bridgehead atoms. The van der Waals surface area contributed by atoms with E-state index in [0.29, 0.717) is 10.6 Å². The number of carbonyl (C=O) groups is 2. The molecule has 0 aromatic heterocycles. The van der Waals surface area contributed by atoms with E-state index >= 15 is 0 Å². The summed E-state index contributed by atoms with van der Waals surface area (Å²) >= 11 is 7.55. The number of fused-ring (bicyclic) bond motifs is 1. The number of anilines is 1. The van der Waals surface area contributed by atoms with Gasteiger partial charge in [-0.15, -0.1) is 4.90 Å². The molecule has 0 fully saturated rings. The van der Waals surface area contributed by atoms with E-state index in [2.05, 4.69) is 0 Å². The zero-order valence-corrected chi connectivity index (χ0v) is 17.2. The SMILES string of the molecule is CC1=C(C)C2C(=O)N(c3ccc(F)cc3)C(=O)[N+](Cc3ccc(F)cc3Cl)=C2S1. The Balaban J connectivity index is 1.83. The fourth-order valence-corrected chi connectivity index (χ4v) is 4.89. The molecule has 2 heterocycles. The minimum absolute atomic E-state index is 0.0856. The summed E-state index contributed by atoms with van der Waals surface area (Å²) in [6, 6.07) is 8.63. The van der Waals surface area contributed by atoms with Gasteiger partial charge in [0.2, 0.25) is 0 Å². The second-order valence-corrected chi connectivity index (χ2v) is 8.51. The lowest BCUT2D eigenvalue weighted by atomic mass is 9.97. The molecular formula is C21H16ClF2N2O2S+. The van der Waals surface area contributed by atoms with E-state index in [4.69, 9.17) is 11.6 Å². The number of halogens is 3. The van der Waals surface area contributed by atoms with Crippen molar-refractivity contribution in [2.45, 2.75) is 20.4 Å². The molecule has 1 unspecified atom stereocenters. The first-order valence-electron chi connectivity index (χ1n) is 8.85. The molecule has 2 aliphatic heterocycles. The Kier molecular flexibility index (Phi) is 5.04. The highest BCUT2D eigenvalue weighted by Gasteiger charge is 2.52. The van der Waals surface area contributed by atoms with Gasteiger partial charge in [-0.3, -0.25) is 0 Å². The Bertz CT molecular complexity index is 1110. The summed E-state index contributed by atoms with van der Waals surface area (Å²) in [5, 5.41) is 0.804. The Morgan fingerprint density at radius 1 is 1.07 bits per heavy atom. The van der Waals surface area contributed by atoms with Gasteiger partial charge in [0.15, 0.2) is 11.0 Å². The highest BCUT2D eigenvalue weighted by Crippen LogP contribution is 2.42. The third-order valence-electron chi connectivity index (χ3n) is 5.08. The fraction of sp³-hybridized carbons (Fsp3) is 0.190. The lowest BCUT2D eigenvalue weighted by Gasteiger charge is -2.25. The standard InChI is InChI=1S/C21H16ClF2N2O2S/c1-11-12(2)29-20-18(11)19(27)26(16-7-5-14(23)6-8-16)21(28)25(20)10-13-3-4-15(24)9-17(13)22/h3-9,18H,10H2,1-2H3/q+1. The van der Waals surface area contributed by atoms with Gasteiger partial charge in [0.05, 0.1) is 5.02 Å². The van der Waals surface area contributed by atoms with E-state index in [9.17, 15) is 18.4 Å². The van der Waals surface area contributed by atoms with Crippen molar-refractivity contribution in [3.8, 4) is 0 Å². The molecule has 0 saturated heterocycles. The molecule has 4 nitrogen and oxygen atoms in total. The van der Waals surface area contributed by atoms with Gasteiger partial charge in [0.1, 0.15) is 23.9 Å². The lowest BCUT2D eigenvalue weighted by Crippen LogP contribution is -2.53. The summed E-state index contributed by atoms with van der Waals surface area (Å²) in [7, 11) is 0. The summed E-state index contributed by atoms with van der Waals surface area (Å²) in [6.07, 6.45) is 0. The first-order valence-corrected chi connectivity index (χ1v) is 10.0. The van der Waals surface area contributed by atoms with Crippen molar-refractivity contribution in [3.63, 3.8) is 0 Å². The maximum atomic E-state index is 13.4. The zero-order valence-electron chi connectivity index (χ0n) is 15.6. The highest BCUT2D eigenvalue weighted by molar-refractivity contribution is 8.17. The summed E-state index contributed by atoms with van der Waals surface area (Å²) in [6.45, 7) is 3.84. The van der Waals surface area contributed by atoms with Gasteiger partial charge in [-0.05, 0) is 60.7 Å². The van der Waals surface area contributed by atoms with E-state index in [1.54, 1.807) is 0 Å². The van der Waals surface area contributed by atoms with Gasteiger partial charge in [0.25, 0.3) is 0 Å². The maximum Gasteiger partial charge on any atom is 0.506 e. The van der Waals surface area contributed by atoms with Crippen molar-refractivity contribution in [1.82, 2.24) is 0 Å².